The number of aliphatic hydroxyl groups is 1. The van der Waals surface area contributed by atoms with Crippen molar-refractivity contribution in [2.75, 3.05) is 14.2 Å². The first-order valence-corrected chi connectivity index (χ1v) is 17.5. The number of aromatic nitrogens is 2. The highest BCUT2D eigenvalue weighted by Gasteiger charge is 2.39. The molecule has 9 nitrogen and oxygen atoms in total. The van der Waals surface area contributed by atoms with Crippen molar-refractivity contribution in [1.82, 2.24) is 15.3 Å². The van der Waals surface area contributed by atoms with E-state index in [1.807, 2.05) is 55.5 Å². The summed E-state index contributed by atoms with van der Waals surface area (Å²) in [4.78, 5) is 20.2. The molecule has 4 aromatic rings. The lowest BCUT2D eigenvalue weighted by Crippen LogP contribution is -2.51. The van der Waals surface area contributed by atoms with E-state index >= 15 is 0 Å². The van der Waals surface area contributed by atoms with Gasteiger partial charge in [0, 0.05) is 34.8 Å². The predicted octanol–water partition coefficient (Wildman–Crippen LogP) is 8.22. The van der Waals surface area contributed by atoms with E-state index in [2.05, 4.69) is 10.3 Å². The van der Waals surface area contributed by atoms with Crippen LogP contribution in [0.25, 0.3) is 22.4 Å². The number of aryl methyl sites for hydroxylation is 1. The van der Waals surface area contributed by atoms with Gasteiger partial charge in [-0.15, -0.1) is 0 Å². The molecule has 0 radical (unpaired) electrons. The number of hydrogen-bond donors (Lipinski definition) is 3. The SMILES string of the molecule is COc1nc(-c2cccc(-c3cccc4c3CC[C@@H]4Oc3nc(OC)c(CC[C@@H](C)C(=O)O)cc3C(F)(F)F)c2Cl)ccc1CNC1CC(C)(O)C1. The van der Waals surface area contributed by atoms with Crippen molar-refractivity contribution in [2.24, 2.45) is 5.92 Å². The molecule has 2 aromatic heterocycles. The second kappa shape index (κ2) is 14.9. The largest absolute Gasteiger partial charge is 0.481 e. The third-order valence-electron chi connectivity index (χ3n) is 9.91. The van der Waals surface area contributed by atoms with Crippen molar-refractivity contribution >= 4 is 17.6 Å². The molecule has 2 aromatic carbocycles. The molecule has 6 rings (SSSR count). The molecule has 3 N–H and O–H groups in total. The number of carboxylic acids is 1. The number of nitrogens with zero attached hydrogens (tertiary/aromatic N) is 2. The van der Waals surface area contributed by atoms with E-state index in [9.17, 15) is 28.2 Å². The van der Waals surface area contributed by atoms with E-state index in [-0.39, 0.29) is 30.3 Å². The third kappa shape index (κ3) is 7.84. The van der Waals surface area contributed by atoms with Crippen LogP contribution in [-0.4, -0.2) is 52.0 Å². The quantitative estimate of drug-likeness (QED) is 0.125. The summed E-state index contributed by atoms with van der Waals surface area (Å²) in [5, 5.41) is 23.2. The van der Waals surface area contributed by atoms with E-state index in [1.54, 1.807) is 7.11 Å². The lowest BCUT2D eigenvalue weighted by atomic mass is 9.77. The minimum Gasteiger partial charge on any atom is -0.481 e. The number of nitrogens with one attached hydrogen (secondary N) is 1. The highest BCUT2D eigenvalue weighted by molar-refractivity contribution is 6.36. The molecule has 2 atom stereocenters. The van der Waals surface area contributed by atoms with Gasteiger partial charge in [-0.2, -0.15) is 18.2 Å². The second-order valence-corrected chi connectivity index (χ2v) is 14.2. The van der Waals surface area contributed by atoms with Crippen LogP contribution in [0, 0.1) is 5.92 Å². The molecule has 13 heteroatoms. The van der Waals surface area contributed by atoms with E-state index in [1.165, 1.54) is 14.0 Å². The maximum atomic E-state index is 14.4. The number of ether oxygens (including phenoxy) is 3. The average molecular weight is 740 g/mol. The van der Waals surface area contributed by atoms with Crippen LogP contribution in [-0.2, 0) is 30.4 Å². The van der Waals surface area contributed by atoms with Crippen LogP contribution in [0.15, 0.2) is 54.6 Å². The summed E-state index contributed by atoms with van der Waals surface area (Å²) in [5.41, 5.74) is 3.89. The topological polar surface area (TPSA) is 123 Å². The summed E-state index contributed by atoms with van der Waals surface area (Å²) >= 11 is 7.09. The van der Waals surface area contributed by atoms with Crippen molar-refractivity contribution in [2.45, 2.75) is 82.8 Å². The summed E-state index contributed by atoms with van der Waals surface area (Å²) in [6.45, 7) is 3.86. The van der Waals surface area contributed by atoms with Crippen LogP contribution in [0.3, 0.4) is 0 Å². The third-order valence-corrected chi connectivity index (χ3v) is 10.3. The Morgan fingerprint density at radius 3 is 2.35 bits per heavy atom. The number of pyridine rings is 2. The fourth-order valence-corrected chi connectivity index (χ4v) is 7.39. The van der Waals surface area contributed by atoms with Crippen LogP contribution in [0.4, 0.5) is 13.2 Å². The van der Waals surface area contributed by atoms with Crippen LogP contribution in [0.5, 0.6) is 17.6 Å². The zero-order valence-corrected chi connectivity index (χ0v) is 30.1. The molecule has 2 aliphatic carbocycles. The number of methoxy groups -OCH3 is 2. The van der Waals surface area contributed by atoms with Crippen molar-refractivity contribution in [3.8, 4) is 40.0 Å². The number of fused-ring (bicyclic) bond motifs is 1. The number of carboxylic acid groups (broad SMARTS) is 1. The van der Waals surface area contributed by atoms with Gasteiger partial charge in [0.15, 0.2) is 0 Å². The maximum absolute atomic E-state index is 14.4. The molecule has 0 amide bonds. The Kier molecular flexibility index (Phi) is 10.7. The van der Waals surface area contributed by atoms with Crippen molar-refractivity contribution in [3.63, 3.8) is 0 Å². The summed E-state index contributed by atoms with van der Waals surface area (Å²) in [6, 6.07) is 16.3. The number of alkyl halides is 3. The minimum absolute atomic E-state index is 0.0392. The van der Waals surface area contributed by atoms with Gasteiger partial charge in [-0.3, -0.25) is 4.79 Å². The van der Waals surface area contributed by atoms with Gasteiger partial charge in [-0.05, 0) is 74.3 Å². The minimum atomic E-state index is -4.77. The van der Waals surface area contributed by atoms with Crippen molar-refractivity contribution < 1.29 is 42.4 Å². The molecule has 52 heavy (non-hydrogen) atoms. The maximum Gasteiger partial charge on any atom is 0.421 e. The standard InChI is InChI=1S/C39H41ClF3N3O6/c1-21(37(47)48)11-12-22-17-30(39(41,42)43)36(46-34(22)50-3)52-32-16-14-26-25(7-5-8-27(26)32)28-9-6-10-29(33(28)40)31-15-13-23(35(45-31)51-4)20-44-24-18-38(2,49)19-24/h5-10,13,15,17,21,24,32,44,49H,11-12,14,16,18-20H2,1-4H3,(H,47,48)/t21-,24?,32+,38?/m1/s1. The molecular weight excluding hydrogens is 699 g/mol. The highest BCUT2D eigenvalue weighted by Crippen LogP contribution is 2.46. The fraction of sp³-hybridized carbons (Fsp3) is 0.410. The second-order valence-electron chi connectivity index (χ2n) is 13.8. The Balaban J connectivity index is 1.26. The van der Waals surface area contributed by atoms with Gasteiger partial charge >= 0.3 is 12.1 Å². The zero-order chi connectivity index (χ0) is 37.4. The molecule has 0 saturated heterocycles. The lowest BCUT2D eigenvalue weighted by molar-refractivity contribution is -0.141. The molecule has 0 unspecified atom stereocenters. The first-order valence-electron chi connectivity index (χ1n) is 17.1. The fourth-order valence-electron chi connectivity index (χ4n) is 7.06. The van der Waals surface area contributed by atoms with E-state index in [0.717, 1.165) is 33.9 Å². The van der Waals surface area contributed by atoms with Gasteiger partial charge in [-0.25, -0.2) is 4.98 Å². The summed E-state index contributed by atoms with van der Waals surface area (Å²) in [5.74, 6) is -1.96. The molecule has 2 heterocycles. The molecular formula is C39H41ClF3N3O6. The first kappa shape index (κ1) is 37.4. The van der Waals surface area contributed by atoms with Gasteiger partial charge in [0.05, 0.1) is 36.5 Å². The number of benzene rings is 2. The Labute approximate surface area is 305 Å². The van der Waals surface area contributed by atoms with Crippen LogP contribution >= 0.6 is 11.6 Å². The molecule has 0 bridgehead atoms. The van der Waals surface area contributed by atoms with Crippen LogP contribution in [0.1, 0.15) is 73.5 Å². The monoisotopic (exact) mass is 739 g/mol. The van der Waals surface area contributed by atoms with Crippen LogP contribution in [0.2, 0.25) is 5.02 Å². The Bertz CT molecular complexity index is 1960. The van der Waals surface area contributed by atoms with Gasteiger partial charge in [0.25, 0.3) is 0 Å². The van der Waals surface area contributed by atoms with Gasteiger partial charge in [-0.1, -0.05) is 61.0 Å². The molecule has 0 spiro atoms. The van der Waals surface area contributed by atoms with Gasteiger partial charge in [0.1, 0.15) is 11.7 Å². The first-order chi connectivity index (χ1) is 24.7. The lowest BCUT2D eigenvalue weighted by Gasteiger charge is -2.41. The molecule has 2 aliphatic rings. The Morgan fingerprint density at radius 1 is 1.00 bits per heavy atom. The van der Waals surface area contributed by atoms with Gasteiger partial charge in [0.2, 0.25) is 17.6 Å². The summed E-state index contributed by atoms with van der Waals surface area (Å²) in [7, 11) is 2.87. The highest BCUT2D eigenvalue weighted by atomic mass is 35.5. The van der Waals surface area contributed by atoms with Crippen molar-refractivity contribution in [1.29, 1.82) is 0 Å². The predicted molar refractivity (Wildman–Crippen MR) is 190 cm³/mol. The summed E-state index contributed by atoms with van der Waals surface area (Å²) in [6.07, 6.45) is -3.02. The summed E-state index contributed by atoms with van der Waals surface area (Å²) < 4.78 is 60.1. The zero-order valence-electron chi connectivity index (χ0n) is 29.3. The number of aliphatic carboxylic acids is 1. The number of carbonyl (C=O) groups is 1. The molecule has 0 aliphatic heterocycles. The van der Waals surface area contributed by atoms with Crippen molar-refractivity contribution in [3.05, 3.63) is 87.4 Å². The molecule has 1 saturated carbocycles. The molecule has 1 fully saturated rings. The number of rotatable bonds is 13. The smallest absolute Gasteiger partial charge is 0.421 e. The van der Waals surface area contributed by atoms with E-state index < -0.39 is 41.2 Å². The van der Waals surface area contributed by atoms with E-state index in [4.69, 9.17) is 30.8 Å². The Morgan fingerprint density at radius 2 is 1.67 bits per heavy atom. The van der Waals surface area contributed by atoms with Crippen LogP contribution < -0.4 is 19.5 Å². The molecule has 276 valence electrons. The van der Waals surface area contributed by atoms with E-state index in [0.29, 0.717) is 54.4 Å². The Hall–Kier alpha value is -4.39. The number of halogens is 4. The average Bonchev–Trinajstić information content (AvgIpc) is 3.51. The number of hydrogen-bond acceptors (Lipinski definition) is 8. The normalized spacial score (nSPS) is 20.2. The van der Waals surface area contributed by atoms with Gasteiger partial charge < -0.3 is 29.7 Å².